The summed E-state index contributed by atoms with van der Waals surface area (Å²) in [5, 5.41) is 0. The minimum Gasteiger partial charge on any atom is -0.465 e. The molecule has 0 aliphatic carbocycles. The lowest BCUT2D eigenvalue weighted by Crippen LogP contribution is -2.30. The van der Waals surface area contributed by atoms with Crippen LogP contribution in [-0.2, 0) is 19.6 Å². The monoisotopic (exact) mass is 271 g/mol. The molecule has 1 aromatic carbocycles. The van der Waals surface area contributed by atoms with Crippen molar-refractivity contribution in [2.24, 2.45) is 0 Å². The SMILES string of the molecule is CCOC(=O)CNS(=O)(=O)c1ccc(C)c(C)c1. The smallest absolute Gasteiger partial charge is 0.321 e. The van der Waals surface area contributed by atoms with E-state index in [9.17, 15) is 13.2 Å². The average molecular weight is 271 g/mol. The molecule has 0 spiro atoms. The average Bonchev–Trinajstić information content (AvgIpc) is 2.30. The van der Waals surface area contributed by atoms with Gasteiger partial charge in [0.2, 0.25) is 10.0 Å². The molecule has 0 bridgehead atoms. The molecule has 0 atom stereocenters. The van der Waals surface area contributed by atoms with Crippen molar-refractivity contribution in [1.82, 2.24) is 4.72 Å². The summed E-state index contributed by atoms with van der Waals surface area (Å²) in [7, 11) is -3.66. The van der Waals surface area contributed by atoms with Crippen molar-refractivity contribution in [3.8, 4) is 0 Å². The number of nitrogens with one attached hydrogen (secondary N) is 1. The van der Waals surface area contributed by atoms with Gasteiger partial charge in [0.05, 0.1) is 11.5 Å². The Morgan fingerprint density at radius 2 is 1.94 bits per heavy atom. The van der Waals surface area contributed by atoms with E-state index in [1.54, 1.807) is 19.1 Å². The maximum atomic E-state index is 11.9. The Labute approximate surface area is 107 Å². The summed E-state index contributed by atoms with van der Waals surface area (Å²) in [6.07, 6.45) is 0. The van der Waals surface area contributed by atoms with Gasteiger partial charge in [0, 0.05) is 0 Å². The normalized spacial score (nSPS) is 11.3. The molecule has 18 heavy (non-hydrogen) atoms. The molecule has 5 nitrogen and oxygen atoms in total. The van der Waals surface area contributed by atoms with Crippen LogP contribution in [-0.4, -0.2) is 27.5 Å². The van der Waals surface area contributed by atoms with Gasteiger partial charge in [-0.3, -0.25) is 4.79 Å². The van der Waals surface area contributed by atoms with Gasteiger partial charge in [-0.2, -0.15) is 4.72 Å². The van der Waals surface area contributed by atoms with E-state index in [4.69, 9.17) is 0 Å². The van der Waals surface area contributed by atoms with Gasteiger partial charge in [-0.1, -0.05) is 6.07 Å². The summed E-state index contributed by atoms with van der Waals surface area (Å²) in [6, 6.07) is 4.81. The summed E-state index contributed by atoms with van der Waals surface area (Å²) < 4.78 is 30.6. The number of carbonyl (C=O) groups is 1. The molecule has 0 aliphatic heterocycles. The maximum Gasteiger partial charge on any atom is 0.321 e. The van der Waals surface area contributed by atoms with Gasteiger partial charge in [-0.15, -0.1) is 0 Å². The van der Waals surface area contributed by atoms with Crippen molar-refractivity contribution in [3.05, 3.63) is 29.3 Å². The second-order valence-electron chi connectivity index (χ2n) is 3.88. The quantitative estimate of drug-likeness (QED) is 0.815. The maximum absolute atomic E-state index is 11.9. The molecule has 0 fully saturated rings. The first-order valence-electron chi connectivity index (χ1n) is 5.59. The topological polar surface area (TPSA) is 72.5 Å². The van der Waals surface area contributed by atoms with Crippen LogP contribution < -0.4 is 4.72 Å². The zero-order valence-electron chi connectivity index (χ0n) is 10.7. The molecule has 0 amide bonds. The number of rotatable bonds is 5. The Morgan fingerprint density at radius 3 is 2.50 bits per heavy atom. The fourth-order valence-electron chi connectivity index (χ4n) is 1.33. The molecule has 1 N–H and O–H groups in total. The van der Waals surface area contributed by atoms with E-state index in [1.165, 1.54) is 6.07 Å². The molecule has 0 heterocycles. The van der Waals surface area contributed by atoms with Crippen LogP contribution in [0, 0.1) is 13.8 Å². The van der Waals surface area contributed by atoms with Crippen LogP contribution in [0.4, 0.5) is 0 Å². The van der Waals surface area contributed by atoms with Gasteiger partial charge < -0.3 is 4.74 Å². The van der Waals surface area contributed by atoms with Gasteiger partial charge >= 0.3 is 5.97 Å². The number of sulfonamides is 1. The Balaban J connectivity index is 2.80. The van der Waals surface area contributed by atoms with Crippen LogP contribution in [0.25, 0.3) is 0 Å². The van der Waals surface area contributed by atoms with Crippen LogP contribution in [0.15, 0.2) is 23.1 Å². The molecule has 1 rings (SSSR count). The van der Waals surface area contributed by atoms with Gasteiger partial charge in [0.15, 0.2) is 0 Å². The zero-order valence-corrected chi connectivity index (χ0v) is 11.5. The molecule has 0 aliphatic rings. The summed E-state index contributed by atoms with van der Waals surface area (Å²) >= 11 is 0. The first-order chi connectivity index (χ1) is 8.36. The molecule has 1 aromatic rings. The highest BCUT2D eigenvalue weighted by atomic mass is 32.2. The number of hydrogen-bond donors (Lipinski definition) is 1. The van der Waals surface area contributed by atoms with Crippen molar-refractivity contribution in [3.63, 3.8) is 0 Å². The predicted molar refractivity (Wildman–Crippen MR) is 67.7 cm³/mol. The number of hydrogen-bond acceptors (Lipinski definition) is 4. The number of esters is 1. The summed E-state index contributed by atoms with van der Waals surface area (Å²) in [6.45, 7) is 5.26. The first kappa shape index (κ1) is 14.7. The third-order valence-electron chi connectivity index (χ3n) is 2.50. The molecule has 0 unspecified atom stereocenters. The van der Waals surface area contributed by atoms with Crippen molar-refractivity contribution >= 4 is 16.0 Å². The van der Waals surface area contributed by atoms with E-state index in [0.29, 0.717) is 0 Å². The number of aryl methyl sites for hydroxylation is 2. The second kappa shape index (κ2) is 5.97. The van der Waals surface area contributed by atoms with Crippen molar-refractivity contribution in [2.45, 2.75) is 25.7 Å². The molecule has 100 valence electrons. The second-order valence-corrected chi connectivity index (χ2v) is 5.64. The highest BCUT2D eigenvalue weighted by Crippen LogP contribution is 2.14. The molecule has 0 saturated carbocycles. The van der Waals surface area contributed by atoms with E-state index in [1.807, 2.05) is 13.8 Å². The molecule has 0 saturated heterocycles. The van der Waals surface area contributed by atoms with Crippen molar-refractivity contribution < 1.29 is 17.9 Å². The molecule has 0 radical (unpaired) electrons. The lowest BCUT2D eigenvalue weighted by Gasteiger charge is -2.08. The van der Waals surface area contributed by atoms with Crippen LogP contribution in [0.2, 0.25) is 0 Å². The Hall–Kier alpha value is -1.40. The van der Waals surface area contributed by atoms with E-state index in [0.717, 1.165) is 11.1 Å². The van der Waals surface area contributed by atoms with Crippen LogP contribution in [0.3, 0.4) is 0 Å². The van der Waals surface area contributed by atoms with Crippen molar-refractivity contribution in [1.29, 1.82) is 0 Å². The van der Waals surface area contributed by atoms with Gasteiger partial charge in [-0.25, -0.2) is 8.42 Å². The van der Waals surface area contributed by atoms with E-state index in [2.05, 4.69) is 9.46 Å². The van der Waals surface area contributed by atoms with E-state index in [-0.39, 0.29) is 18.0 Å². The number of carbonyl (C=O) groups excluding carboxylic acids is 1. The lowest BCUT2D eigenvalue weighted by molar-refractivity contribution is -0.141. The zero-order chi connectivity index (χ0) is 13.8. The van der Waals surface area contributed by atoms with Crippen molar-refractivity contribution in [2.75, 3.05) is 13.2 Å². The van der Waals surface area contributed by atoms with E-state index < -0.39 is 16.0 Å². The number of benzene rings is 1. The van der Waals surface area contributed by atoms with Crippen LogP contribution >= 0.6 is 0 Å². The molecular weight excluding hydrogens is 254 g/mol. The highest BCUT2D eigenvalue weighted by Gasteiger charge is 2.16. The fourth-order valence-corrected chi connectivity index (χ4v) is 2.38. The fraction of sp³-hybridized carbons (Fsp3) is 0.417. The number of ether oxygens (including phenoxy) is 1. The lowest BCUT2D eigenvalue weighted by atomic mass is 10.1. The third kappa shape index (κ3) is 3.82. The van der Waals surface area contributed by atoms with Gasteiger partial charge in [0.1, 0.15) is 6.54 Å². The standard InChI is InChI=1S/C12H17NO4S/c1-4-17-12(14)8-13-18(15,16)11-6-5-9(2)10(3)7-11/h5-7,13H,4,8H2,1-3H3. The third-order valence-corrected chi connectivity index (χ3v) is 3.90. The van der Waals surface area contributed by atoms with Gasteiger partial charge in [0.25, 0.3) is 0 Å². The Morgan fingerprint density at radius 1 is 1.28 bits per heavy atom. The minimum absolute atomic E-state index is 0.148. The Kier molecular flexibility index (Phi) is 4.86. The van der Waals surface area contributed by atoms with E-state index >= 15 is 0 Å². The highest BCUT2D eigenvalue weighted by molar-refractivity contribution is 7.89. The summed E-state index contributed by atoms with van der Waals surface area (Å²) in [5.74, 6) is -0.593. The van der Waals surface area contributed by atoms with Crippen LogP contribution in [0.5, 0.6) is 0 Å². The molecule has 0 aromatic heterocycles. The summed E-state index contributed by atoms with van der Waals surface area (Å²) in [4.78, 5) is 11.2. The first-order valence-corrected chi connectivity index (χ1v) is 7.07. The largest absolute Gasteiger partial charge is 0.465 e. The molecular formula is C12H17NO4S. The molecule has 6 heteroatoms. The van der Waals surface area contributed by atoms with Crippen LogP contribution in [0.1, 0.15) is 18.1 Å². The minimum atomic E-state index is -3.66. The Bertz CT molecular complexity index is 537. The summed E-state index contributed by atoms with van der Waals surface area (Å²) in [5.41, 5.74) is 1.90. The predicted octanol–water partition coefficient (Wildman–Crippen LogP) is 1.14. The van der Waals surface area contributed by atoms with Gasteiger partial charge in [-0.05, 0) is 44.0 Å².